The molecule has 0 aromatic heterocycles. The first-order chi connectivity index (χ1) is 13.1. The van der Waals surface area contributed by atoms with Crippen molar-refractivity contribution in [2.75, 3.05) is 11.3 Å². The smallest absolute Gasteiger partial charge is 0.334 e. The first-order valence-corrected chi connectivity index (χ1v) is 9.60. The summed E-state index contributed by atoms with van der Waals surface area (Å²) in [6.07, 6.45) is 0.583. The number of sulfonamides is 1. The number of carbonyl (C=O) groups excluding carboxylic acids is 1. The van der Waals surface area contributed by atoms with Crippen molar-refractivity contribution in [3.05, 3.63) is 64.7 Å². The molecule has 1 N–H and O–H groups in total. The molecule has 0 fully saturated rings. The molecule has 1 heterocycles. The van der Waals surface area contributed by atoms with Crippen molar-refractivity contribution in [1.29, 1.82) is 5.26 Å². The van der Waals surface area contributed by atoms with Crippen LogP contribution in [0.2, 0.25) is 0 Å². The van der Waals surface area contributed by atoms with Crippen LogP contribution in [-0.4, -0.2) is 31.3 Å². The molecule has 3 rings (SSSR count). The van der Waals surface area contributed by atoms with Gasteiger partial charge in [0.1, 0.15) is 0 Å². The number of nitrogens with zero attached hydrogens (tertiary/aromatic N) is 2. The molecule has 10 heteroatoms. The zero-order valence-corrected chi connectivity index (χ0v) is 15.1. The summed E-state index contributed by atoms with van der Waals surface area (Å²) < 4.78 is 61.0. The lowest BCUT2D eigenvalue weighted by Crippen LogP contribution is -2.37. The molecule has 0 unspecified atom stereocenters. The van der Waals surface area contributed by atoms with Gasteiger partial charge in [0.2, 0.25) is 0 Å². The molecule has 0 spiro atoms. The van der Waals surface area contributed by atoms with E-state index < -0.39 is 15.5 Å². The number of halogens is 3. The highest BCUT2D eigenvalue weighted by atomic mass is 32.2. The lowest BCUT2D eigenvalue weighted by atomic mass is 9.94. The minimum Gasteiger partial charge on any atom is -0.334 e. The van der Waals surface area contributed by atoms with E-state index in [1.54, 1.807) is 18.2 Å². The number of benzene rings is 2. The fourth-order valence-corrected chi connectivity index (χ4v) is 3.49. The topological polar surface area (TPSA) is 90.3 Å². The number of nitrogens with one attached hydrogen (secondary N) is 1. The minimum atomic E-state index is -5.49. The monoisotopic (exact) mass is 409 g/mol. The molecule has 2 aromatic rings. The Bertz CT molecular complexity index is 1060. The van der Waals surface area contributed by atoms with Crippen molar-refractivity contribution in [3.8, 4) is 6.07 Å². The van der Waals surface area contributed by atoms with Crippen LogP contribution in [0.3, 0.4) is 0 Å². The van der Waals surface area contributed by atoms with Crippen molar-refractivity contribution in [3.63, 3.8) is 0 Å². The molecule has 0 bridgehead atoms. The predicted octanol–water partition coefficient (Wildman–Crippen LogP) is 3.02. The van der Waals surface area contributed by atoms with Gasteiger partial charge in [-0.15, -0.1) is 0 Å². The summed E-state index contributed by atoms with van der Waals surface area (Å²) in [5.74, 6) is -0.291. The lowest BCUT2D eigenvalue weighted by Gasteiger charge is -2.29. The second kappa shape index (κ2) is 7.16. The fourth-order valence-electron chi connectivity index (χ4n) is 2.93. The van der Waals surface area contributed by atoms with Gasteiger partial charge in [-0.1, -0.05) is 24.3 Å². The van der Waals surface area contributed by atoms with Gasteiger partial charge < -0.3 is 4.90 Å². The standard InChI is InChI=1S/C18H14F3N3O3S/c19-18(20,21)28(26,27)23-15-6-4-12(5-7-15)11-24-9-8-13-2-1-3-14(10-22)16(13)17(24)25/h1-7,23H,8-9,11H2. The Morgan fingerprint density at radius 1 is 1.14 bits per heavy atom. The molecular weight excluding hydrogens is 395 g/mol. The Labute approximate surface area is 159 Å². The average Bonchev–Trinajstić information content (AvgIpc) is 2.64. The second-order valence-electron chi connectivity index (χ2n) is 6.18. The summed E-state index contributed by atoms with van der Waals surface area (Å²) >= 11 is 0. The zero-order chi connectivity index (χ0) is 20.5. The highest BCUT2D eigenvalue weighted by Crippen LogP contribution is 2.26. The molecule has 146 valence electrons. The summed E-state index contributed by atoms with van der Waals surface area (Å²) in [5.41, 5.74) is -3.56. The number of hydrogen-bond acceptors (Lipinski definition) is 4. The molecule has 2 aromatic carbocycles. The van der Waals surface area contributed by atoms with Crippen LogP contribution < -0.4 is 4.72 Å². The summed E-state index contributed by atoms with van der Waals surface area (Å²) in [6.45, 7) is 0.619. The van der Waals surface area contributed by atoms with Gasteiger partial charge in [-0.25, -0.2) is 0 Å². The van der Waals surface area contributed by atoms with Gasteiger partial charge in [-0.2, -0.15) is 26.9 Å². The predicted molar refractivity (Wildman–Crippen MR) is 94.6 cm³/mol. The SMILES string of the molecule is N#Cc1cccc2c1C(=O)N(Cc1ccc(NS(=O)(=O)C(F)(F)F)cc1)CC2. The van der Waals surface area contributed by atoms with Crippen molar-refractivity contribution in [2.24, 2.45) is 0 Å². The third-order valence-electron chi connectivity index (χ3n) is 4.31. The molecule has 1 amide bonds. The van der Waals surface area contributed by atoms with Gasteiger partial charge in [-0.05, 0) is 35.7 Å². The van der Waals surface area contributed by atoms with E-state index in [1.165, 1.54) is 33.9 Å². The van der Waals surface area contributed by atoms with E-state index in [1.807, 2.05) is 6.07 Å². The van der Waals surface area contributed by atoms with Crippen LogP contribution >= 0.6 is 0 Å². The maximum atomic E-state index is 12.7. The maximum absolute atomic E-state index is 12.7. The van der Waals surface area contributed by atoms with Gasteiger partial charge in [0, 0.05) is 18.8 Å². The quantitative estimate of drug-likeness (QED) is 0.841. The number of fused-ring (bicyclic) bond motifs is 1. The third-order valence-corrected chi connectivity index (χ3v) is 5.42. The van der Waals surface area contributed by atoms with Crippen LogP contribution in [-0.2, 0) is 23.0 Å². The van der Waals surface area contributed by atoms with Gasteiger partial charge in [0.05, 0.1) is 17.2 Å². The molecule has 1 aliphatic heterocycles. The molecule has 28 heavy (non-hydrogen) atoms. The Morgan fingerprint density at radius 2 is 1.82 bits per heavy atom. The molecule has 0 saturated heterocycles. The van der Waals surface area contributed by atoms with E-state index in [4.69, 9.17) is 0 Å². The number of nitriles is 1. The van der Waals surface area contributed by atoms with E-state index in [0.717, 1.165) is 5.56 Å². The van der Waals surface area contributed by atoms with E-state index in [-0.39, 0.29) is 18.1 Å². The van der Waals surface area contributed by atoms with E-state index in [9.17, 15) is 31.6 Å². The van der Waals surface area contributed by atoms with Crippen molar-refractivity contribution >= 4 is 21.6 Å². The van der Waals surface area contributed by atoms with Gasteiger partial charge in [0.15, 0.2) is 0 Å². The second-order valence-corrected chi connectivity index (χ2v) is 7.85. The van der Waals surface area contributed by atoms with Crippen molar-refractivity contribution in [2.45, 2.75) is 18.5 Å². The Balaban J connectivity index is 1.75. The Hall–Kier alpha value is -3.06. The average molecular weight is 409 g/mol. The van der Waals surface area contributed by atoms with E-state index in [2.05, 4.69) is 0 Å². The molecule has 0 aliphatic carbocycles. The first kappa shape index (κ1) is 19.7. The van der Waals surface area contributed by atoms with Gasteiger partial charge >= 0.3 is 15.5 Å². The number of carbonyl (C=O) groups is 1. The summed E-state index contributed by atoms with van der Waals surface area (Å²) in [6, 6.07) is 12.4. The van der Waals surface area contributed by atoms with E-state index in [0.29, 0.717) is 29.7 Å². The number of amides is 1. The van der Waals surface area contributed by atoms with E-state index >= 15 is 0 Å². The zero-order valence-electron chi connectivity index (χ0n) is 14.3. The van der Waals surface area contributed by atoms with Crippen LogP contribution in [0, 0.1) is 11.3 Å². The molecule has 0 saturated carbocycles. The number of alkyl halides is 3. The summed E-state index contributed by atoms with van der Waals surface area (Å²) in [4.78, 5) is 14.3. The number of anilines is 1. The van der Waals surface area contributed by atoms with Crippen molar-refractivity contribution < 1.29 is 26.4 Å². The summed E-state index contributed by atoms with van der Waals surface area (Å²) in [5, 5.41) is 9.21. The molecular formula is C18H14F3N3O3S. The Kier molecular flexibility index (Phi) is 5.04. The molecule has 0 atom stereocenters. The minimum absolute atomic E-state index is 0.185. The normalized spacial score (nSPS) is 14.4. The van der Waals surface area contributed by atoms with Gasteiger partial charge in [-0.3, -0.25) is 9.52 Å². The molecule has 0 radical (unpaired) electrons. The third kappa shape index (κ3) is 3.80. The van der Waals surface area contributed by atoms with Crippen LogP contribution in [0.1, 0.15) is 27.0 Å². The number of rotatable bonds is 4. The largest absolute Gasteiger partial charge is 0.516 e. The maximum Gasteiger partial charge on any atom is 0.516 e. The molecule has 1 aliphatic rings. The fraction of sp³-hybridized carbons (Fsp3) is 0.222. The molecule has 6 nitrogen and oxygen atoms in total. The lowest BCUT2D eigenvalue weighted by molar-refractivity contribution is -0.0429. The van der Waals surface area contributed by atoms with Gasteiger partial charge in [0.25, 0.3) is 5.91 Å². The van der Waals surface area contributed by atoms with Crippen LogP contribution in [0.15, 0.2) is 42.5 Å². The van der Waals surface area contributed by atoms with Crippen molar-refractivity contribution in [1.82, 2.24) is 4.90 Å². The van der Waals surface area contributed by atoms with Crippen LogP contribution in [0.4, 0.5) is 18.9 Å². The highest BCUT2D eigenvalue weighted by molar-refractivity contribution is 7.93. The number of hydrogen-bond donors (Lipinski definition) is 1. The van der Waals surface area contributed by atoms with Crippen LogP contribution in [0.5, 0.6) is 0 Å². The highest BCUT2D eigenvalue weighted by Gasteiger charge is 2.46. The first-order valence-electron chi connectivity index (χ1n) is 8.11. The van der Waals surface area contributed by atoms with Crippen LogP contribution in [0.25, 0.3) is 0 Å². The summed E-state index contributed by atoms with van der Waals surface area (Å²) in [7, 11) is -5.49. The Morgan fingerprint density at radius 3 is 2.43 bits per heavy atom.